The molecule has 0 fully saturated rings. The lowest BCUT2D eigenvalue weighted by Crippen LogP contribution is -2.31. The minimum atomic E-state index is -0.0525. The van der Waals surface area contributed by atoms with Gasteiger partial charge in [-0.25, -0.2) is 0 Å². The fraction of sp³-hybridized carbons (Fsp3) is 0.231. The van der Waals surface area contributed by atoms with Gasteiger partial charge in [-0.15, -0.1) is 6.58 Å². The Morgan fingerprint density at radius 2 is 2.00 bits per heavy atom. The third-order valence-electron chi connectivity index (χ3n) is 2.29. The van der Waals surface area contributed by atoms with Crippen LogP contribution >= 0.6 is 12.2 Å². The van der Waals surface area contributed by atoms with E-state index in [-0.39, 0.29) is 5.75 Å². The van der Waals surface area contributed by atoms with E-state index in [1.807, 2.05) is 0 Å². The second-order valence-corrected chi connectivity index (χ2v) is 4.05. The average Bonchev–Trinajstić information content (AvgIpc) is 2.46. The molecule has 0 aliphatic heterocycles. The molecule has 7 heteroatoms. The highest BCUT2D eigenvalue weighted by molar-refractivity contribution is 7.80. The summed E-state index contributed by atoms with van der Waals surface area (Å²) < 4.78 is 10.1. The fourth-order valence-electron chi connectivity index (χ4n) is 1.36. The molecule has 1 rings (SSSR count). The summed E-state index contributed by atoms with van der Waals surface area (Å²) in [5.41, 5.74) is 3.34. The largest absolute Gasteiger partial charge is 0.502 e. The van der Waals surface area contributed by atoms with Gasteiger partial charge in [0.05, 0.1) is 20.4 Å². The fourth-order valence-corrected chi connectivity index (χ4v) is 1.49. The maximum atomic E-state index is 9.77. The first kappa shape index (κ1) is 15.8. The Labute approximate surface area is 123 Å². The minimum Gasteiger partial charge on any atom is -0.502 e. The van der Waals surface area contributed by atoms with Crippen molar-refractivity contribution in [2.75, 3.05) is 20.8 Å². The average molecular weight is 295 g/mol. The normalized spacial score (nSPS) is 10.1. The number of nitrogens with zero attached hydrogens (tertiary/aromatic N) is 1. The lowest BCUT2D eigenvalue weighted by atomic mass is 10.2. The van der Waals surface area contributed by atoms with Crippen LogP contribution in [-0.2, 0) is 0 Å². The first-order valence-electron chi connectivity index (χ1n) is 5.75. The van der Waals surface area contributed by atoms with Gasteiger partial charge in [-0.3, -0.25) is 5.43 Å². The van der Waals surface area contributed by atoms with Crippen molar-refractivity contribution in [1.29, 1.82) is 0 Å². The molecule has 0 atom stereocenters. The van der Waals surface area contributed by atoms with Crippen molar-refractivity contribution >= 4 is 23.5 Å². The quantitative estimate of drug-likeness (QED) is 0.319. The zero-order valence-electron chi connectivity index (χ0n) is 11.3. The summed E-state index contributed by atoms with van der Waals surface area (Å²) in [5.74, 6) is 0.555. The Morgan fingerprint density at radius 3 is 2.50 bits per heavy atom. The number of nitrogens with one attached hydrogen (secondary N) is 2. The minimum absolute atomic E-state index is 0.0525. The van der Waals surface area contributed by atoms with Gasteiger partial charge in [0.2, 0.25) is 5.75 Å². The second-order valence-electron chi connectivity index (χ2n) is 3.64. The van der Waals surface area contributed by atoms with E-state index in [4.69, 9.17) is 21.7 Å². The van der Waals surface area contributed by atoms with E-state index < -0.39 is 0 Å². The second kappa shape index (κ2) is 8.00. The highest BCUT2D eigenvalue weighted by Crippen LogP contribution is 2.36. The molecule has 0 saturated heterocycles. The molecule has 0 unspecified atom stereocenters. The molecule has 0 bridgehead atoms. The van der Waals surface area contributed by atoms with Crippen LogP contribution in [0.5, 0.6) is 17.2 Å². The topological polar surface area (TPSA) is 75.1 Å². The van der Waals surface area contributed by atoms with Crippen molar-refractivity contribution in [2.24, 2.45) is 5.10 Å². The molecule has 0 aliphatic carbocycles. The Kier molecular flexibility index (Phi) is 6.31. The van der Waals surface area contributed by atoms with Crippen LogP contribution in [0.15, 0.2) is 29.9 Å². The zero-order chi connectivity index (χ0) is 15.0. The number of benzene rings is 1. The van der Waals surface area contributed by atoms with Crippen molar-refractivity contribution in [1.82, 2.24) is 10.7 Å². The van der Waals surface area contributed by atoms with E-state index >= 15 is 0 Å². The number of aromatic hydroxyl groups is 1. The molecule has 0 radical (unpaired) electrons. The summed E-state index contributed by atoms with van der Waals surface area (Å²) in [6, 6.07) is 3.26. The van der Waals surface area contributed by atoms with E-state index in [0.29, 0.717) is 28.7 Å². The number of rotatable bonds is 6. The monoisotopic (exact) mass is 295 g/mol. The first-order chi connectivity index (χ1) is 9.62. The van der Waals surface area contributed by atoms with Gasteiger partial charge in [0.1, 0.15) is 0 Å². The molecular weight excluding hydrogens is 278 g/mol. The van der Waals surface area contributed by atoms with Crippen molar-refractivity contribution < 1.29 is 14.6 Å². The van der Waals surface area contributed by atoms with Gasteiger partial charge in [0.15, 0.2) is 16.6 Å². The van der Waals surface area contributed by atoms with Gasteiger partial charge in [-0.05, 0) is 24.4 Å². The zero-order valence-corrected chi connectivity index (χ0v) is 12.2. The van der Waals surface area contributed by atoms with Crippen molar-refractivity contribution in [3.8, 4) is 17.2 Å². The molecule has 0 amide bonds. The lowest BCUT2D eigenvalue weighted by molar-refractivity contribution is 0.340. The Morgan fingerprint density at radius 1 is 1.40 bits per heavy atom. The third kappa shape index (κ3) is 4.43. The van der Waals surface area contributed by atoms with Crippen molar-refractivity contribution in [2.45, 2.75) is 0 Å². The van der Waals surface area contributed by atoms with Crippen LogP contribution < -0.4 is 20.2 Å². The molecule has 0 saturated carbocycles. The van der Waals surface area contributed by atoms with E-state index in [2.05, 4.69) is 22.4 Å². The number of thiocarbonyl (C=S) groups is 1. The predicted octanol–water partition coefficient (Wildman–Crippen LogP) is 1.39. The van der Waals surface area contributed by atoms with Gasteiger partial charge in [-0.2, -0.15) is 5.10 Å². The maximum Gasteiger partial charge on any atom is 0.200 e. The third-order valence-corrected chi connectivity index (χ3v) is 2.52. The summed E-state index contributed by atoms with van der Waals surface area (Å²) in [6.07, 6.45) is 3.22. The molecule has 1 aromatic carbocycles. The highest BCUT2D eigenvalue weighted by Gasteiger charge is 2.10. The molecule has 3 N–H and O–H groups in total. The summed E-state index contributed by atoms with van der Waals surface area (Å²) in [6.45, 7) is 4.12. The summed E-state index contributed by atoms with van der Waals surface area (Å²) >= 11 is 4.98. The number of ether oxygens (including phenoxy) is 2. The summed E-state index contributed by atoms with van der Waals surface area (Å²) in [5, 5.41) is 17.0. The standard InChI is InChI=1S/C13H17N3O3S/c1-4-5-14-13(20)16-15-8-9-6-10(18-2)12(17)11(7-9)19-3/h4,6-8,17H,1,5H2,2-3H3,(H2,14,16,20)/b15-8+. The van der Waals surface area contributed by atoms with Crippen LogP contribution in [-0.4, -0.2) is 37.2 Å². The summed E-state index contributed by atoms with van der Waals surface area (Å²) in [7, 11) is 2.92. The van der Waals surface area contributed by atoms with E-state index in [0.717, 1.165) is 0 Å². The number of hydrazone groups is 1. The Bertz CT molecular complexity index is 493. The number of hydrogen-bond acceptors (Lipinski definition) is 5. The number of phenols is 1. The maximum absolute atomic E-state index is 9.77. The number of hydrogen-bond donors (Lipinski definition) is 3. The van der Waals surface area contributed by atoms with E-state index in [1.54, 1.807) is 18.2 Å². The Balaban J connectivity index is 2.76. The van der Waals surface area contributed by atoms with Crippen LogP contribution in [0.3, 0.4) is 0 Å². The van der Waals surface area contributed by atoms with Gasteiger partial charge in [-0.1, -0.05) is 6.08 Å². The van der Waals surface area contributed by atoms with Crippen LogP contribution in [0.1, 0.15) is 5.56 Å². The molecule has 6 nitrogen and oxygen atoms in total. The van der Waals surface area contributed by atoms with Gasteiger partial charge >= 0.3 is 0 Å². The molecule has 0 aliphatic rings. The number of phenolic OH excluding ortho intramolecular Hbond substituents is 1. The van der Waals surface area contributed by atoms with Gasteiger partial charge in [0, 0.05) is 12.1 Å². The molecule has 0 aromatic heterocycles. The SMILES string of the molecule is C=CCNC(=S)N/N=C/c1cc(OC)c(O)c(OC)c1. The molecule has 20 heavy (non-hydrogen) atoms. The summed E-state index contributed by atoms with van der Waals surface area (Å²) in [4.78, 5) is 0. The van der Waals surface area contributed by atoms with Crippen LogP contribution in [0, 0.1) is 0 Å². The van der Waals surface area contributed by atoms with Gasteiger partial charge in [0.25, 0.3) is 0 Å². The predicted molar refractivity (Wildman–Crippen MR) is 82.7 cm³/mol. The van der Waals surface area contributed by atoms with Crippen molar-refractivity contribution in [3.05, 3.63) is 30.4 Å². The molecular formula is C13H17N3O3S. The highest BCUT2D eigenvalue weighted by atomic mass is 32.1. The lowest BCUT2D eigenvalue weighted by Gasteiger charge is -2.09. The van der Waals surface area contributed by atoms with E-state index in [1.165, 1.54) is 20.4 Å². The number of methoxy groups -OCH3 is 2. The van der Waals surface area contributed by atoms with E-state index in [9.17, 15) is 5.11 Å². The van der Waals surface area contributed by atoms with Crippen molar-refractivity contribution in [3.63, 3.8) is 0 Å². The van der Waals surface area contributed by atoms with Crippen LogP contribution in [0.25, 0.3) is 0 Å². The smallest absolute Gasteiger partial charge is 0.200 e. The first-order valence-corrected chi connectivity index (χ1v) is 6.16. The molecule has 1 aromatic rings. The molecule has 0 heterocycles. The Hall–Kier alpha value is -2.28. The van der Waals surface area contributed by atoms with Crippen LogP contribution in [0.2, 0.25) is 0 Å². The van der Waals surface area contributed by atoms with Gasteiger partial charge < -0.3 is 19.9 Å². The van der Waals surface area contributed by atoms with Crippen LogP contribution in [0.4, 0.5) is 0 Å². The molecule has 0 spiro atoms. The molecule has 108 valence electrons.